The molecule has 0 fully saturated rings. The highest BCUT2D eigenvalue weighted by Gasteiger charge is 2.18. The number of anilines is 1. The number of nitrogens with one attached hydrogen (secondary N) is 1. The summed E-state index contributed by atoms with van der Waals surface area (Å²) >= 11 is 1.23. The van der Waals surface area contributed by atoms with Gasteiger partial charge >= 0.3 is 0 Å². The summed E-state index contributed by atoms with van der Waals surface area (Å²) in [4.78, 5) is 18.3. The number of hydrogen-bond acceptors (Lipinski definition) is 4. The SMILES string of the molecule is COc1ccc(-c2cn3c(C)c(C(=O)Nc4ccc(F)c(F)c4)sc3n2)cc1. The molecule has 2 aromatic heterocycles. The van der Waals surface area contributed by atoms with Crippen molar-refractivity contribution >= 4 is 27.9 Å². The zero-order valence-corrected chi connectivity index (χ0v) is 15.8. The highest BCUT2D eigenvalue weighted by molar-refractivity contribution is 7.19. The Morgan fingerprint density at radius 2 is 1.89 bits per heavy atom. The third-order valence-corrected chi connectivity index (χ3v) is 5.48. The second kappa shape index (κ2) is 7.05. The third-order valence-electron chi connectivity index (χ3n) is 4.33. The number of imidazole rings is 1. The molecule has 0 aliphatic rings. The van der Waals surface area contributed by atoms with Crippen LogP contribution in [0.5, 0.6) is 5.75 Å². The van der Waals surface area contributed by atoms with Gasteiger partial charge in [-0.1, -0.05) is 11.3 Å². The Hall–Kier alpha value is -3.26. The molecule has 1 amide bonds. The minimum Gasteiger partial charge on any atom is -0.497 e. The van der Waals surface area contributed by atoms with Crippen molar-refractivity contribution in [1.29, 1.82) is 0 Å². The van der Waals surface area contributed by atoms with E-state index >= 15 is 0 Å². The van der Waals surface area contributed by atoms with E-state index in [1.807, 2.05) is 41.8 Å². The van der Waals surface area contributed by atoms with Gasteiger partial charge in [0.1, 0.15) is 10.6 Å². The molecule has 5 nitrogen and oxygen atoms in total. The Balaban J connectivity index is 1.61. The van der Waals surface area contributed by atoms with E-state index in [2.05, 4.69) is 10.3 Å². The quantitative estimate of drug-likeness (QED) is 0.531. The number of aryl methyl sites for hydroxylation is 1. The molecule has 0 bridgehead atoms. The Labute approximate surface area is 163 Å². The number of aromatic nitrogens is 2. The van der Waals surface area contributed by atoms with E-state index in [0.29, 0.717) is 15.5 Å². The van der Waals surface area contributed by atoms with Crippen molar-refractivity contribution in [2.75, 3.05) is 12.4 Å². The first-order valence-corrected chi connectivity index (χ1v) is 9.17. The van der Waals surface area contributed by atoms with E-state index in [4.69, 9.17) is 4.74 Å². The lowest BCUT2D eigenvalue weighted by molar-refractivity contribution is 0.102. The molecule has 4 rings (SSSR count). The molecule has 0 atom stereocenters. The molecule has 2 heterocycles. The van der Waals surface area contributed by atoms with Gasteiger partial charge in [0.15, 0.2) is 16.6 Å². The molecule has 1 N–H and O–H groups in total. The molecular weight excluding hydrogens is 384 g/mol. The summed E-state index contributed by atoms with van der Waals surface area (Å²) in [5, 5.41) is 2.59. The van der Waals surface area contributed by atoms with Crippen LogP contribution in [0.4, 0.5) is 14.5 Å². The molecule has 0 spiro atoms. The fraction of sp³-hybridized carbons (Fsp3) is 0.100. The number of methoxy groups -OCH3 is 1. The monoisotopic (exact) mass is 399 g/mol. The van der Waals surface area contributed by atoms with Crippen LogP contribution in [0.25, 0.3) is 16.2 Å². The van der Waals surface area contributed by atoms with Crippen molar-refractivity contribution in [3.8, 4) is 17.0 Å². The van der Waals surface area contributed by atoms with Crippen molar-refractivity contribution in [3.63, 3.8) is 0 Å². The van der Waals surface area contributed by atoms with Gasteiger partial charge in [0.05, 0.1) is 12.8 Å². The predicted molar refractivity (Wildman–Crippen MR) is 104 cm³/mol. The van der Waals surface area contributed by atoms with Gasteiger partial charge in [-0.15, -0.1) is 0 Å². The number of thiazole rings is 1. The first kappa shape index (κ1) is 18.1. The zero-order chi connectivity index (χ0) is 19.8. The molecule has 8 heteroatoms. The van der Waals surface area contributed by atoms with Crippen molar-refractivity contribution in [3.05, 3.63) is 70.9 Å². The van der Waals surface area contributed by atoms with E-state index in [1.54, 1.807) is 7.11 Å². The highest BCUT2D eigenvalue weighted by Crippen LogP contribution is 2.28. The van der Waals surface area contributed by atoms with E-state index < -0.39 is 17.5 Å². The van der Waals surface area contributed by atoms with Gasteiger partial charge in [-0.05, 0) is 43.3 Å². The molecule has 0 radical (unpaired) electrons. The lowest BCUT2D eigenvalue weighted by atomic mass is 10.2. The first-order chi connectivity index (χ1) is 13.5. The molecule has 0 unspecified atom stereocenters. The minimum atomic E-state index is -1.01. The summed E-state index contributed by atoms with van der Waals surface area (Å²) in [5.41, 5.74) is 2.62. The van der Waals surface area contributed by atoms with Crippen LogP contribution < -0.4 is 10.1 Å². The van der Waals surface area contributed by atoms with Gasteiger partial charge in [0.2, 0.25) is 0 Å². The number of benzene rings is 2. The lowest BCUT2D eigenvalue weighted by Crippen LogP contribution is -2.12. The number of fused-ring (bicyclic) bond motifs is 1. The number of nitrogens with zero attached hydrogens (tertiary/aromatic N) is 2. The average Bonchev–Trinajstić information content (AvgIpc) is 3.24. The van der Waals surface area contributed by atoms with Crippen LogP contribution in [0.1, 0.15) is 15.4 Å². The smallest absolute Gasteiger partial charge is 0.267 e. The summed E-state index contributed by atoms with van der Waals surface area (Å²) < 4.78 is 33.4. The summed E-state index contributed by atoms with van der Waals surface area (Å²) in [6.07, 6.45) is 1.86. The number of rotatable bonds is 4. The van der Waals surface area contributed by atoms with Crippen LogP contribution in [-0.2, 0) is 0 Å². The minimum absolute atomic E-state index is 0.188. The van der Waals surface area contributed by atoms with Crippen LogP contribution in [-0.4, -0.2) is 22.4 Å². The maximum atomic E-state index is 13.3. The summed E-state index contributed by atoms with van der Waals surface area (Å²) in [7, 11) is 1.61. The van der Waals surface area contributed by atoms with Crippen LogP contribution in [0.3, 0.4) is 0 Å². The summed E-state index contributed by atoms with van der Waals surface area (Å²) in [6.45, 7) is 1.81. The van der Waals surface area contributed by atoms with E-state index in [-0.39, 0.29) is 5.69 Å². The van der Waals surface area contributed by atoms with Crippen LogP contribution in [0.2, 0.25) is 0 Å². The molecule has 4 aromatic rings. The van der Waals surface area contributed by atoms with Crippen molar-refractivity contribution < 1.29 is 18.3 Å². The molecular formula is C20H15F2N3O2S. The topological polar surface area (TPSA) is 55.6 Å². The largest absolute Gasteiger partial charge is 0.497 e. The molecule has 0 aliphatic carbocycles. The maximum Gasteiger partial charge on any atom is 0.267 e. The molecule has 0 saturated heterocycles. The van der Waals surface area contributed by atoms with Gasteiger partial charge < -0.3 is 10.1 Å². The maximum absolute atomic E-state index is 13.3. The molecule has 2 aromatic carbocycles. The number of carbonyl (C=O) groups excluding carboxylic acids is 1. The summed E-state index contributed by atoms with van der Waals surface area (Å²) in [6, 6.07) is 10.8. The van der Waals surface area contributed by atoms with E-state index in [0.717, 1.165) is 29.1 Å². The molecule has 28 heavy (non-hydrogen) atoms. The van der Waals surface area contributed by atoms with Crippen LogP contribution >= 0.6 is 11.3 Å². The molecule has 142 valence electrons. The van der Waals surface area contributed by atoms with Crippen molar-refractivity contribution in [1.82, 2.24) is 9.38 Å². The summed E-state index contributed by atoms with van der Waals surface area (Å²) in [5.74, 6) is -1.61. The van der Waals surface area contributed by atoms with Crippen molar-refractivity contribution in [2.24, 2.45) is 0 Å². The number of ether oxygens (including phenoxy) is 1. The normalized spacial score (nSPS) is 11.0. The van der Waals surface area contributed by atoms with Gasteiger partial charge in [-0.25, -0.2) is 13.8 Å². The Morgan fingerprint density at radius 3 is 2.54 bits per heavy atom. The number of carbonyl (C=O) groups is 1. The standard InChI is InChI=1S/C20H15F2N3O2S/c1-11-18(19(26)23-13-5-8-15(21)16(22)9-13)28-20-24-17(10-25(11)20)12-3-6-14(27-2)7-4-12/h3-10H,1-2H3,(H,23,26). The van der Waals surface area contributed by atoms with Crippen LogP contribution in [0.15, 0.2) is 48.7 Å². The van der Waals surface area contributed by atoms with Gasteiger partial charge in [-0.2, -0.15) is 0 Å². The first-order valence-electron chi connectivity index (χ1n) is 8.35. The van der Waals surface area contributed by atoms with Gasteiger partial charge in [0.25, 0.3) is 5.91 Å². The van der Waals surface area contributed by atoms with E-state index in [1.165, 1.54) is 17.4 Å². The van der Waals surface area contributed by atoms with Crippen LogP contribution in [0, 0.1) is 18.6 Å². The number of hydrogen-bond donors (Lipinski definition) is 1. The number of amides is 1. The van der Waals surface area contributed by atoms with E-state index in [9.17, 15) is 13.6 Å². The van der Waals surface area contributed by atoms with Crippen molar-refractivity contribution in [2.45, 2.75) is 6.92 Å². The second-order valence-corrected chi connectivity index (χ2v) is 7.08. The van der Waals surface area contributed by atoms with Gasteiger partial charge in [0, 0.05) is 29.2 Å². The molecule has 0 aliphatic heterocycles. The average molecular weight is 399 g/mol. The Bertz CT molecular complexity index is 1180. The number of halogens is 2. The Kier molecular flexibility index (Phi) is 4.56. The fourth-order valence-corrected chi connectivity index (χ4v) is 3.83. The lowest BCUT2D eigenvalue weighted by Gasteiger charge is -2.05. The predicted octanol–water partition coefficient (Wildman–Crippen LogP) is 4.91. The van der Waals surface area contributed by atoms with Gasteiger partial charge in [-0.3, -0.25) is 9.20 Å². The molecule has 0 saturated carbocycles. The second-order valence-electron chi connectivity index (χ2n) is 6.11. The fourth-order valence-electron chi connectivity index (χ4n) is 2.82. The Morgan fingerprint density at radius 1 is 1.14 bits per heavy atom. The highest BCUT2D eigenvalue weighted by atomic mass is 32.1. The zero-order valence-electron chi connectivity index (χ0n) is 15.0. The third kappa shape index (κ3) is 3.22.